The molecule has 1 aromatic carbocycles. The Morgan fingerprint density at radius 3 is 2.57 bits per heavy atom. The number of aliphatic hydroxyl groups is 1. The standard InChI is InChI=1S/C27H42N4O6/c1-5-6-11-30-26(36)17(2)12-20(32)18(29)13-27(3,4)14-24(34)31-16-23(25(35)21(33)15-28)37-22-10-8-7-9-19(22)31/h7-10,17-18,20,23,32H,5-6,11-16,28-29H2,1-4H3,(H,30,36)/t17-,18+,20+,23-/m1/s1. The first-order valence-electron chi connectivity index (χ1n) is 12.9. The largest absolute Gasteiger partial charge is 0.478 e. The average Bonchev–Trinajstić information content (AvgIpc) is 2.86. The first-order valence-corrected chi connectivity index (χ1v) is 12.9. The normalized spacial score (nSPS) is 17.7. The van der Waals surface area contributed by atoms with Gasteiger partial charge in [-0.15, -0.1) is 0 Å². The molecule has 0 unspecified atom stereocenters. The number of hydrogen-bond acceptors (Lipinski definition) is 8. The third kappa shape index (κ3) is 8.62. The molecule has 1 heterocycles. The zero-order chi connectivity index (χ0) is 27.8. The Hall–Kier alpha value is -2.82. The Morgan fingerprint density at radius 2 is 1.92 bits per heavy atom. The second-order valence-electron chi connectivity index (χ2n) is 10.6. The minimum atomic E-state index is -1.13. The maximum absolute atomic E-state index is 13.4. The summed E-state index contributed by atoms with van der Waals surface area (Å²) in [6.07, 6.45) is 0.481. The number of amides is 2. The van der Waals surface area contributed by atoms with Gasteiger partial charge in [-0.1, -0.05) is 46.2 Å². The average molecular weight is 519 g/mol. The van der Waals surface area contributed by atoms with Gasteiger partial charge in [0.15, 0.2) is 6.10 Å². The van der Waals surface area contributed by atoms with Crippen molar-refractivity contribution in [2.24, 2.45) is 22.8 Å². The summed E-state index contributed by atoms with van der Waals surface area (Å²) >= 11 is 0. The van der Waals surface area contributed by atoms with Crippen LogP contribution in [0, 0.1) is 11.3 Å². The fourth-order valence-corrected chi connectivity index (χ4v) is 4.45. The summed E-state index contributed by atoms with van der Waals surface area (Å²) in [5.41, 5.74) is 11.5. The number of aliphatic hydroxyl groups excluding tert-OH is 1. The highest BCUT2D eigenvalue weighted by Gasteiger charge is 2.38. The van der Waals surface area contributed by atoms with E-state index in [1.54, 1.807) is 31.2 Å². The smallest absolute Gasteiger partial charge is 0.241 e. The monoisotopic (exact) mass is 518 g/mol. The van der Waals surface area contributed by atoms with Gasteiger partial charge in [0.05, 0.1) is 24.9 Å². The molecule has 2 rings (SSSR count). The lowest BCUT2D eigenvalue weighted by Crippen LogP contribution is -2.50. The van der Waals surface area contributed by atoms with Crippen molar-refractivity contribution >= 4 is 29.1 Å². The Bertz CT molecular complexity index is 966. The summed E-state index contributed by atoms with van der Waals surface area (Å²) in [6, 6.07) is 6.19. The van der Waals surface area contributed by atoms with E-state index in [9.17, 15) is 24.3 Å². The molecule has 0 saturated carbocycles. The Labute approximate surface area is 219 Å². The lowest BCUT2D eigenvalue weighted by atomic mass is 9.80. The summed E-state index contributed by atoms with van der Waals surface area (Å²) in [7, 11) is 0. The van der Waals surface area contributed by atoms with E-state index in [1.807, 2.05) is 20.8 Å². The second-order valence-corrected chi connectivity index (χ2v) is 10.6. The molecule has 6 N–H and O–H groups in total. The van der Waals surface area contributed by atoms with Gasteiger partial charge in [-0.2, -0.15) is 0 Å². The van der Waals surface area contributed by atoms with Crippen molar-refractivity contribution in [3.05, 3.63) is 24.3 Å². The van der Waals surface area contributed by atoms with Gasteiger partial charge in [0.25, 0.3) is 0 Å². The topological polar surface area (TPSA) is 165 Å². The lowest BCUT2D eigenvalue weighted by Gasteiger charge is -2.36. The van der Waals surface area contributed by atoms with Crippen LogP contribution in [0.1, 0.15) is 59.8 Å². The highest BCUT2D eigenvalue weighted by molar-refractivity contribution is 6.40. The van der Waals surface area contributed by atoms with Crippen LogP contribution in [0.3, 0.4) is 0 Å². The van der Waals surface area contributed by atoms with Crippen LogP contribution in [0.2, 0.25) is 0 Å². The van der Waals surface area contributed by atoms with Gasteiger partial charge in [-0.25, -0.2) is 0 Å². The lowest BCUT2D eigenvalue weighted by molar-refractivity contribution is -0.140. The van der Waals surface area contributed by atoms with Crippen LogP contribution in [0.15, 0.2) is 24.3 Å². The zero-order valence-corrected chi connectivity index (χ0v) is 22.4. The van der Waals surface area contributed by atoms with E-state index >= 15 is 0 Å². The van der Waals surface area contributed by atoms with Crippen LogP contribution in [-0.4, -0.2) is 66.4 Å². The van der Waals surface area contributed by atoms with Crippen molar-refractivity contribution in [3.63, 3.8) is 0 Å². The molecular weight excluding hydrogens is 476 g/mol. The van der Waals surface area contributed by atoms with Gasteiger partial charge in [0.2, 0.25) is 23.4 Å². The second kappa shape index (κ2) is 13.6. The maximum atomic E-state index is 13.4. The number of unbranched alkanes of at least 4 members (excludes halogenated alkanes) is 1. The number of fused-ring (bicyclic) bond motifs is 1. The SMILES string of the molecule is CCCCNC(=O)[C@H](C)C[C@H](O)[C@@H](N)CC(C)(C)CC(=O)N1C[C@H](C(=O)C(=O)CN)Oc2ccccc21. The predicted molar refractivity (Wildman–Crippen MR) is 141 cm³/mol. The van der Waals surface area contributed by atoms with Crippen molar-refractivity contribution in [2.75, 3.05) is 24.5 Å². The summed E-state index contributed by atoms with van der Waals surface area (Å²) < 4.78 is 5.70. The van der Waals surface area contributed by atoms with Crippen LogP contribution >= 0.6 is 0 Å². The summed E-state index contributed by atoms with van der Waals surface area (Å²) in [4.78, 5) is 51.5. The van der Waals surface area contributed by atoms with Crippen LogP contribution in [0.4, 0.5) is 5.69 Å². The number of para-hydroxylation sites is 2. The van der Waals surface area contributed by atoms with Crippen molar-refractivity contribution in [2.45, 2.75) is 78.0 Å². The molecule has 0 aromatic heterocycles. The molecule has 1 aromatic rings. The van der Waals surface area contributed by atoms with E-state index in [1.165, 1.54) is 4.90 Å². The molecule has 10 nitrogen and oxygen atoms in total. The predicted octanol–water partition coefficient (Wildman–Crippen LogP) is 1.31. The number of benzene rings is 1. The molecule has 206 valence electrons. The van der Waals surface area contributed by atoms with Gasteiger partial charge >= 0.3 is 0 Å². The molecule has 0 bridgehead atoms. The number of ether oxygens (including phenoxy) is 1. The van der Waals surface area contributed by atoms with E-state index in [-0.39, 0.29) is 31.2 Å². The summed E-state index contributed by atoms with van der Waals surface area (Å²) in [6.45, 7) is 7.64. The fourth-order valence-electron chi connectivity index (χ4n) is 4.45. The van der Waals surface area contributed by atoms with Gasteiger partial charge in [-0.05, 0) is 36.8 Å². The van der Waals surface area contributed by atoms with Crippen molar-refractivity contribution in [3.8, 4) is 5.75 Å². The van der Waals surface area contributed by atoms with Crippen LogP contribution in [-0.2, 0) is 19.2 Å². The molecule has 10 heteroatoms. The van der Waals surface area contributed by atoms with Gasteiger partial charge in [0, 0.05) is 24.9 Å². The van der Waals surface area contributed by atoms with E-state index in [2.05, 4.69) is 5.32 Å². The number of nitrogens with two attached hydrogens (primary N) is 2. The quantitative estimate of drug-likeness (QED) is 0.211. The number of anilines is 1. The number of rotatable bonds is 14. The number of carbonyl (C=O) groups is 4. The molecule has 0 spiro atoms. The molecule has 1 aliphatic rings. The molecule has 2 amide bonds. The van der Waals surface area contributed by atoms with Crippen LogP contribution in [0.5, 0.6) is 5.75 Å². The highest BCUT2D eigenvalue weighted by Crippen LogP contribution is 2.36. The Balaban J connectivity index is 2.04. The van der Waals surface area contributed by atoms with Crippen LogP contribution < -0.4 is 26.4 Å². The third-order valence-corrected chi connectivity index (χ3v) is 6.61. The summed E-state index contributed by atoms with van der Waals surface area (Å²) in [5.74, 6) is -1.96. The number of ketones is 2. The number of nitrogens with one attached hydrogen (secondary N) is 1. The van der Waals surface area contributed by atoms with E-state index in [4.69, 9.17) is 16.2 Å². The van der Waals surface area contributed by atoms with Crippen molar-refractivity contribution in [1.29, 1.82) is 0 Å². The van der Waals surface area contributed by atoms with Crippen molar-refractivity contribution < 1.29 is 29.0 Å². The Kier molecular flexibility index (Phi) is 11.2. The van der Waals surface area contributed by atoms with Gasteiger partial charge < -0.3 is 31.5 Å². The molecule has 0 aliphatic carbocycles. The van der Waals surface area contributed by atoms with E-state index in [0.717, 1.165) is 12.8 Å². The summed E-state index contributed by atoms with van der Waals surface area (Å²) in [5, 5.41) is 13.5. The first-order chi connectivity index (χ1) is 17.4. The molecule has 37 heavy (non-hydrogen) atoms. The Morgan fingerprint density at radius 1 is 1.24 bits per heavy atom. The first kappa shape index (κ1) is 30.4. The minimum absolute atomic E-state index is 0.0839. The third-order valence-electron chi connectivity index (χ3n) is 6.61. The van der Waals surface area contributed by atoms with Crippen molar-refractivity contribution in [1.82, 2.24) is 5.32 Å². The zero-order valence-electron chi connectivity index (χ0n) is 22.4. The number of Topliss-reactive ketones (excluding diaryl/α,β-unsaturated/α-hetero) is 2. The van der Waals surface area contributed by atoms with Gasteiger partial charge in [-0.3, -0.25) is 19.2 Å². The van der Waals surface area contributed by atoms with E-state index in [0.29, 0.717) is 24.4 Å². The minimum Gasteiger partial charge on any atom is -0.478 e. The fraction of sp³-hybridized carbons (Fsp3) is 0.630. The molecule has 4 atom stereocenters. The molecule has 1 aliphatic heterocycles. The molecule has 0 saturated heterocycles. The maximum Gasteiger partial charge on any atom is 0.241 e. The number of hydrogen-bond donors (Lipinski definition) is 4. The molecular formula is C27H42N4O6. The van der Waals surface area contributed by atoms with Crippen LogP contribution in [0.25, 0.3) is 0 Å². The van der Waals surface area contributed by atoms with E-state index < -0.39 is 47.7 Å². The number of nitrogens with zero attached hydrogens (tertiary/aromatic N) is 1. The molecule has 0 fully saturated rings. The van der Waals surface area contributed by atoms with Gasteiger partial charge in [0.1, 0.15) is 5.75 Å². The highest BCUT2D eigenvalue weighted by atomic mass is 16.5. The number of carbonyl (C=O) groups excluding carboxylic acids is 4. The molecule has 0 radical (unpaired) electrons.